The predicted octanol–water partition coefficient (Wildman–Crippen LogP) is 4.86. The van der Waals surface area contributed by atoms with Crippen LogP contribution in [-0.4, -0.2) is 39.5 Å². The number of hydrogen-bond donors (Lipinski definition) is 1. The van der Waals surface area contributed by atoms with E-state index < -0.39 is 5.97 Å². The topological polar surface area (TPSA) is 86.1 Å². The number of thiophene rings is 1. The van der Waals surface area contributed by atoms with Gasteiger partial charge in [0.05, 0.1) is 28.5 Å². The smallest absolute Gasteiger partial charge is 0.341 e. The molecule has 0 fully saturated rings. The Kier molecular flexibility index (Phi) is 6.57. The van der Waals surface area contributed by atoms with Crippen molar-refractivity contribution in [1.29, 1.82) is 0 Å². The molecule has 1 aliphatic rings. The number of benzene rings is 1. The number of aryl methyl sites for hydroxylation is 1. The van der Waals surface area contributed by atoms with Crippen LogP contribution in [0.2, 0.25) is 10.0 Å². The minimum Gasteiger partial charge on any atom is -0.465 e. The molecule has 2 heterocycles. The number of fused-ring (bicyclic) bond motifs is 1. The number of anilines is 1. The number of carbonyl (C=O) groups excluding carboxylic acids is 2. The van der Waals surface area contributed by atoms with E-state index in [1.165, 1.54) is 30.2 Å². The van der Waals surface area contributed by atoms with Crippen LogP contribution in [0.15, 0.2) is 23.4 Å². The van der Waals surface area contributed by atoms with E-state index in [4.69, 9.17) is 27.9 Å². The summed E-state index contributed by atoms with van der Waals surface area (Å²) in [6.07, 6.45) is 2.77. The van der Waals surface area contributed by atoms with E-state index in [0.717, 1.165) is 35.3 Å². The number of ether oxygens (including phenoxy) is 1. The summed E-state index contributed by atoms with van der Waals surface area (Å²) in [5.74, 6) is 0.0940. The summed E-state index contributed by atoms with van der Waals surface area (Å²) in [7, 11) is 3.17. The molecule has 2 aromatic heterocycles. The van der Waals surface area contributed by atoms with Crippen LogP contribution in [0.3, 0.4) is 0 Å². The molecule has 0 unspecified atom stereocenters. The number of nitrogens with one attached hydrogen (secondary N) is 1. The maximum atomic E-state index is 12.6. The fourth-order valence-corrected chi connectivity index (χ4v) is 5.73. The van der Waals surface area contributed by atoms with Gasteiger partial charge in [-0.25, -0.2) is 4.79 Å². The zero-order chi connectivity index (χ0) is 22.1. The maximum absolute atomic E-state index is 12.6. The van der Waals surface area contributed by atoms with Crippen molar-refractivity contribution in [2.24, 2.45) is 7.05 Å². The monoisotopic (exact) mass is 496 g/mol. The molecule has 162 valence electrons. The van der Waals surface area contributed by atoms with E-state index in [-0.39, 0.29) is 11.7 Å². The standard InChI is InChI=1S/C20H18Cl2N4O3S2/c1-26-17(10-6-7-12(21)13(22)8-10)24-25-20(26)30-9-15(27)23-18-16(19(28)29-2)11-4-3-5-14(11)31-18/h6-8H,3-5,9H2,1-2H3,(H,23,27). The molecule has 0 bridgehead atoms. The van der Waals surface area contributed by atoms with Crippen molar-refractivity contribution in [3.63, 3.8) is 0 Å². The predicted molar refractivity (Wildman–Crippen MR) is 123 cm³/mol. The largest absolute Gasteiger partial charge is 0.465 e. The number of rotatable bonds is 6. The molecule has 0 saturated carbocycles. The van der Waals surface area contributed by atoms with Crippen LogP contribution < -0.4 is 5.32 Å². The minimum atomic E-state index is -0.415. The fourth-order valence-electron chi connectivity index (χ4n) is 3.43. The number of esters is 1. The van der Waals surface area contributed by atoms with E-state index in [2.05, 4.69) is 15.5 Å². The molecule has 7 nitrogen and oxygen atoms in total. The summed E-state index contributed by atoms with van der Waals surface area (Å²) in [6.45, 7) is 0. The Bertz CT molecular complexity index is 1180. The summed E-state index contributed by atoms with van der Waals surface area (Å²) >= 11 is 14.8. The van der Waals surface area contributed by atoms with E-state index in [9.17, 15) is 9.59 Å². The third-order valence-electron chi connectivity index (χ3n) is 4.91. The Balaban J connectivity index is 1.45. The summed E-state index contributed by atoms with van der Waals surface area (Å²) in [4.78, 5) is 26.0. The van der Waals surface area contributed by atoms with Gasteiger partial charge in [-0.3, -0.25) is 4.79 Å². The van der Waals surface area contributed by atoms with Crippen molar-refractivity contribution in [1.82, 2.24) is 14.8 Å². The van der Waals surface area contributed by atoms with Gasteiger partial charge in [-0.05, 0) is 43.0 Å². The van der Waals surface area contributed by atoms with Crippen LogP contribution >= 0.6 is 46.3 Å². The van der Waals surface area contributed by atoms with Gasteiger partial charge in [-0.15, -0.1) is 21.5 Å². The summed E-state index contributed by atoms with van der Waals surface area (Å²) < 4.78 is 6.71. The number of hydrogen-bond acceptors (Lipinski definition) is 7. The SMILES string of the molecule is COC(=O)c1c(NC(=O)CSc2nnc(-c3ccc(Cl)c(Cl)c3)n2C)sc2c1CCC2. The lowest BCUT2D eigenvalue weighted by Crippen LogP contribution is -2.16. The van der Waals surface area contributed by atoms with Gasteiger partial charge in [0.25, 0.3) is 0 Å². The second-order valence-electron chi connectivity index (χ2n) is 6.88. The Morgan fingerprint density at radius 2 is 2.06 bits per heavy atom. The van der Waals surface area contributed by atoms with Crippen LogP contribution in [-0.2, 0) is 29.4 Å². The molecular formula is C20H18Cl2N4O3S2. The summed E-state index contributed by atoms with van der Waals surface area (Å²) in [5, 5.41) is 13.3. The Hall–Kier alpha value is -2.07. The van der Waals surface area contributed by atoms with Gasteiger partial charge in [0, 0.05) is 17.5 Å². The van der Waals surface area contributed by atoms with Crippen molar-refractivity contribution in [3.8, 4) is 11.4 Å². The Morgan fingerprint density at radius 3 is 2.81 bits per heavy atom. The molecular weight excluding hydrogens is 479 g/mol. The number of amides is 1. The van der Waals surface area contributed by atoms with Gasteiger partial charge < -0.3 is 14.6 Å². The average molecular weight is 497 g/mol. The zero-order valence-electron chi connectivity index (χ0n) is 16.7. The maximum Gasteiger partial charge on any atom is 0.341 e. The van der Waals surface area contributed by atoms with Crippen molar-refractivity contribution in [3.05, 3.63) is 44.2 Å². The van der Waals surface area contributed by atoms with Crippen molar-refractivity contribution < 1.29 is 14.3 Å². The van der Waals surface area contributed by atoms with Crippen LogP contribution in [0.1, 0.15) is 27.2 Å². The van der Waals surface area contributed by atoms with Gasteiger partial charge in [-0.1, -0.05) is 35.0 Å². The molecule has 0 radical (unpaired) electrons. The third-order valence-corrected chi connectivity index (χ3v) is 7.88. The average Bonchev–Trinajstić information content (AvgIpc) is 3.43. The van der Waals surface area contributed by atoms with Crippen LogP contribution in [0.4, 0.5) is 5.00 Å². The molecule has 0 spiro atoms. The highest BCUT2D eigenvalue weighted by atomic mass is 35.5. The molecule has 31 heavy (non-hydrogen) atoms. The van der Waals surface area contributed by atoms with E-state index >= 15 is 0 Å². The van der Waals surface area contributed by atoms with Crippen molar-refractivity contribution in [2.45, 2.75) is 24.4 Å². The fraction of sp³-hybridized carbons (Fsp3) is 0.300. The van der Waals surface area contributed by atoms with Gasteiger partial charge in [0.1, 0.15) is 5.00 Å². The lowest BCUT2D eigenvalue weighted by Gasteiger charge is -2.07. The highest BCUT2D eigenvalue weighted by Gasteiger charge is 2.28. The number of nitrogens with zero attached hydrogens (tertiary/aromatic N) is 3. The highest BCUT2D eigenvalue weighted by Crippen LogP contribution is 2.39. The molecule has 1 aromatic carbocycles. The second-order valence-corrected chi connectivity index (χ2v) is 9.75. The quantitative estimate of drug-likeness (QED) is 0.387. The number of thioether (sulfide) groups is 1. The van der Waals surface area contributed by atoms with Gasteiger partial charge in [0.15, 0.2) is 11.0 Å². The third kappa shape index (κ3) is 4.45. The van der Waals surface area contributed by atoms with Gasteiger partial charge >= 0.3 is 5.97 Å². The molecule has 0 atom stereocenters. The number of carbonyl (C=O) groups is 2. The molecule has 4 rings (SSSR count). The molecule has 0 aliphatic heterocycles. The molecule has 1 amide bonds. The van der Waals surface area contributed by atoms with Crippen molar-refractivity contribution in [2.75, 3.05) is 18.2 Å². The summed E-state index contributed by atoms with van der Waals surface area (Å²) in [5.41, 5.74) is 2.26. The van der Waals surface area contributed by atoms with E-state index in [0.29, 0.717) is 31.6 Å². The first kappa shape index (κ1) is 22.1. The lowest BCUT2D eigenvalue weighted by molar-refractivity contribution is -0.113. The minimum absolute atomic E-state index is 0.122. The first-order valence-electron chi connectivity index (χ1n) is 9.39. The number of methoxy groups -OCH3 is 1. The zero-order valence-corrected chi connectivity index (χ0v) is 19.8. The lowest BCUT2D eigenvalue weighted by atomic mass is 10.1. The number of halogens is 2. The Labute approximate surface area is 197 Å². The van der Waals surface area contributed by atoms with E-state index in [1.807, 2.05) is 13.1 Å². The van der Waals surface area contributed by atoms with Crippen LogP contribution in [0.25, 0.3) is 11.4 Å². The normalized spacial score (nSPS) is 12.6. The Morgan fingerprint density at radius 1 is 1.26 bits per heavy atom. The highest BCUT2D eigenvalue weighted by molar-refractivity contribution is 7.99. The van der Waals surface area contributed by atoms with Crippen LogP contribution in [0.5, 0.6) is 0 Å². The molecule has 0 saturated heterocycles. The molecule has 11 heteroatoms. The first-order valence-corrected chi connectivity index (χ1v) is 11.9. The second kappa shape index (κ2) is 9.20. The van der Waals surface area contributed by atoms with Crippen LogP contribution in [0, 0.1) is 0 Å². The van der Waals surface area contributed by atoms with Gasteiger partial charge in [-0.2, -0.15) is 0 Å². The first-order chi connectivity index (χ1) is 14.9. The number of aromatic nitrogens is 3. The summed E-state index contributed by atoms with van der Waals surface area (Å²) in [6, 6.07) is 5.23. The molecule has 1 N–H and O–H groups in total. The van der Waals surface area contributed by atoms with E-state index in [1.54, 1.807) is 16.7 Å². The molecule has 3 aromatic rings. The van der Waals surface area contributed by atoms with Gasteiger partial charge in [0.2, 0.25) is 5.91 Å². The molecule has 1 aliphatic carbocycles. The van der Waals surface area contributed by atoms with Crippen molar-refractivity contribution >= 4 is 63.2 Å².